The van der Waals surface area contributed by atoms with Gasteiger partial charge >= 0.3 is 6.01 Å². The molecule has 66 valence electrons. The van der Waals surface area contributed by atoms with Crippen molar-refractivity contribution in [2.45, 2.75) is 0 Å². The molecule has 0 aliphatic rings. The van der Waals surface area contributed by atoms with Crippen molar-refractivity contribution >= 4 is 0 Å². The van der Waals surface area contributed by atoms with Crippen molar-refractivity contribution in [3.8, 4) is 17.5 Å². The zero-order valence-corrected chi connectivity index (χ0v) is 6.51. The Balaban J connectivity index is 2.19. The van der Waals surface area contributed by atoms with Crippen molar-refractivity contribution in [2.75, 3.05) is 0 Å². The average Bonchev–Trinajstić information content (AvgIpc) is 2.57. The lowest BCUT2D eigenvalue weighted by atomic mass is 10.3. The molecule has 2 rings (SSSR count). The Morgan fingerprint density at radius 1 is 1.38 bits per heavy atom. The van der Waals surface area contributed by atoms with Crippen LogP contribution in [0.15, 0.2) is 24.3 Å². The van der Waals surface area contributed by atoms with Crippen LogP contribution in [0.5, 0.6) is 17.5 Å². The summed E-state index contributed by atoms with van der Waals surface area (Å²) < 4.78 is 5.12. The van der Waals surface area contributed by atoms with E-state index in [0.717, 1.165) is 0 Å². The van der Waals surface area contributed by atoms with E-state index in [1.807, 2.05) is 0 Å². The van der Waals surface area contributed by atoms with Gasteiger partial charge in [-0.25, -0.2) is 0 Å². The van der Waals surface area contributed by atoms with E-state index in [1.165, 1.54) is 6.07 Å². The number of benzene rings is 1. The highest BCUT2D eigenvalue weighted by atomic mass is 16.5. The second-order valence-corrected chi connectivity index (χ2v) is 2.29. The number of tetrazole rings is 1. The van der Waals surface area contributed by atoms with Crippen molar-refractivity contribution in [3.05, 3.63) is 24.3 Å². The molecule has 0 aliphatic heterocycles. The Kier molecular flexibility index (Phi) is 1.79. The van der Waals surface area contributed by atoms with Gasteiger partial charge in [0.2, 0.25) is 0 Å². The zero-order chi connectivity index (χ0) is 9.10. The Morgan fingerprint density at radius 2 is 2.31 bits per heavy atom. The van der Waals surface area contributed by atoms with E-state index < -0.39 is 0 Å². The zero-order valence-electron chi connectivity index (χ0n) is 6.51. The fourth-order valence-electron chi connectivity index (χ4n) is 0.848. The van der Waals surface area contributed by atoms with Gasteiger partial charge in [0.25, 0.3) is 0 Å². The van der Waals surface area contributed by atoms with Crippen LogP contribution < -0.4 is 4.74 Å². The molecule has 2 aromatic rings. The van der Waals surface area contributed by atoms with E-state index >= 15 is 0 Å². The van der Waals surface area contributed by atoms with Crippen molar-refractivity contribution in [1.82, 2.24) is 20.6 Å². The first-order chi connectivity index (χ1) is 6.34. The van der Waals surface area contributed by atoms with E-state index in [1.54, 1.807) is 18.2 Å². The molecule has 13 heavy (non-hydrogen) atoms. The van der Waals surface area contributed by atoms with Gasteiger partial charge in [-0.15, -0.1) is 0 Å². The first kappa shape index (κ1) is 7.53. The van der Waals surface area contributed by atoms with E-state index in [9.17, 15) is 0 Å². The summed E-state index contributed by atoms with van der Waals surface area (Å²) in [4.78, 5) is 0. The molecule has 0 bridgehead atoms. The third-order valence-corrected chi connectivity index (χ3v) is 1.35. The van der Waals surface area contributed by atoms with Gasteiger partial charge < -0.3 is 9.84 Å². The fourth-order valence-corrected chi connectivity index (χ4v) is 0.848. The predicted molar refractivity (Wildman–Crippen MR) is 42.4 cm³/mol. The Morgan fingerprint density at radius 3 is 3.00 bits per heavy atom. The number of hydrogen-bond acceptors (Lipinski definition) is 5. The molecule has 0 atom stereocenters. The predicted octanol–water partition coefficient (Wildman–Crippen LogP) is 0.698. The minimum absolute atomic E-state index is 0.116. The maximum Gasteiger partial charge on any atom is 0.361 e. The Bertz CT molecular complexity index is 387. The number of H-pyrrole nitrogens is 1. The summed E-state index contributed by atoms with van der Waals surface area (Å²) in [5, 5.41) is 21.8. The number of nitrogens with one attached hydrogen (secondary N) is 1. The highest BCUT2D eigenvalue weighted by Crippen LogP contribution is 2.20. The summed E-state index contributed by atoms with van der Waals surface area (Å²) in [5.74, 6) is 0.586. The standard InChI is InChI=1S/C7H6N4O2/c12-5-2-1-3-6(4-5)13-7-8-10-11-9-7/h1-4,12H,(H,8,9,10,11). The number of aromatic hydroxyl groups is 1. The second kappa shape index (κ2) is 3.10. The number of aromatic nitrogens is 4. The van der Waals surface area contributed by atoms with E-state index in [2.05, 4.69) is 20.6 Å². The van der Waals surface area contributed by atoms with Crippen molar-refractivity contribution in [3.63, 3.8) is 0 Å². The molecule has 0 saturated heterocycles. The van der Waals surface area contributed by atoms with Gasteiger partial charge in [-0.1, -0.05) is 16.3 Å². The summed E-state index contributed by atoms with van der Waals surface area (Å²) in [6.45, 7) is 0. The summed E-state index contributed by atoms with van der Waals surface area (Å²) >= 11 is 0. The number of phenols is 1. The molecular formula is C7H6N4O2. The molecule has 2 N–H and O–H groups in total. The number of phenolic OH excluding ortho intramolecular Hbond substituents is 1. The molecule has 0 unspecified atom stereocenters. The van der Waals surface area contributed by atoms with Crippen LogP contribution in [0.3, 0.4) is 0 Å². The van der Waals surface area contributed by atoms with Crippen LogP contribution in [0.25, 0.3) is 0 Å². The van der Waals surface area contributed by atoms with E-state index in [-0.39, 0.29) is 11.8 Å². The molecule has 6 heteroatoms. The smallest absolute Gasteiger partial charge is 0.361 e. The lowest BCUT2D eigenvalue weighted by Crippen LogP contribution is -1.85. The topological polar surface area (TPSA) is 83.9 Å². The fraction of sp³-hybridized carbons (Fsp3) is 0. The summed E-state index contributed by atoms with van der Waals surface area (Å²) in [6.07, 6.45) is 0. The first-order valence-corrected chi connectivity index (χ1v) is 3.55. The Labute approximate surface area is 73.2 Å². The maximum absolute atomic E-state index is 9.10. The number of rotatable bonds is 2. The number of nitrogens with zero attached hydrogens (tertiary/aromatic N) is 3. The quantitative estimate of drug-likeness (QED) is 0.707. The van der Waals surface area contributed by atoms with Crippen LogP contribution in [-0.2, 0) is 0 Å². The van der Waals surface area contributed by atoms with Gasteiger partial charge in [0.1, 0.15) is 11.5 Å². The number of aromatic amines is 1. The van der Waals surface area contributed by atoms with E-state index in [0.29, 0.717) is 5.75 Å². The van der Waals surface area contributed by atoms with Crippen LogP contribution >= 0.6 is 0 Å². The highest BCUT2D eigenvalue weighted by molar-refractivity contribution is 5.32. The van der Waals surface area contributed by atoms with Crippen molar-refractivity contribution in [1.29, 1.82) is 0 Å². The van der Waals surface area contributed by atoms with Gasteiger partial charge in [0.05, 0.1) is 0 Å². The molecular weight excluding hydrogens is 172 g/mol. The van der Waals surface area contributed by atoms with Crippen LogP contribution in [0.4, 0.5) is 0 Å². The SMILES string of the molecule is Oc1cccc(Oc2nn[nH]n2)c1. The lowest BCUT2D eigenvalue weighted by molar-refractivity contribution is 0.431. The molecule has 1 aromatic carbocycles. The molecule has 0 saturated carbocycles. The van der Waals surface area contributed by atoms with Gasteiger partial charge in [0.15, 0.2) is 0 Å². The largest absolute Gasteiger partial charge is 0.508 e. The highest BCUT2D eigenvalue weighted by Gasteiger charge is 2.00. The van der Waals surface area contributed by atoms with Crippen LogP contribution in [0.2, 0.25) is 0 Å². The minimum Gasteiger partial charge on any atom is -0.508 e. The van der Waals surface area contributed by atoms with Gasteiger partial charge in [0, 0.05) is 6.07 Å². The van der Waals surface area contributed by atoms with Gasteiger partial charge in [-0.3, -0.25) is 0 Å². The Hall–Kier alpha value is -2.11. The normalized spacial score (nSPS) is 9.85. The monoisotopic (exact) mass is 178 g/mol. The second-order valence-electron chi connectivity index (χ2n) is 2.29. The minimum atomic E-state index is 0.116. The van der Waals surface area contributed by atoms with Crippen molar-refractivity contribution < 1.29 is 9.84 Å². The molecule has 0 fully saturated rings. The molecule has 0 radical (unpaired) electrons. The molecule has 0 amide bonds. The van der Waals surface area contributed by atoms with Crippen LogP contribution in [-0.4, -0.2) is 25.7 Å². The molecule has 6 nitrogen and oxygen atoms in total. The summed E-state index contributed by atoms with van der Waals surface area (Å²) in [6, 6.07) is 6.45. The maximum atomic E-state index is 9.10. The lowest BCUT2D eigenvalue weighted by Gasteiger charge is -1.99. The van der Waals surface area contributed by atoms with Crippen LogP contribution in [0, 0.1) is 0 Å². The summed E-state index contributed by atoms with van der Waals surface area (Å²) in [5.41, 5.74) is 0. The third-order valence-electron chi connectivity index (χ3n) is 1.35. The van der Waals surface area contributed by atoms with Gasteiger partial charge in [-0.05, 0) is 17.3 Å². The number of ether oxygens (including phenoxy) is 1. The first-order valence-electron chi connectivity index (χ1n) is 3.55. The van der Waals surface area contributed by atoms with Gasteiger partial charge in [-0.2, -0.15) is 5.21 Å². The van der Waals surface area contributed by atoms with E-state index in [4.69, 9.17) is 9.84 Å². The third kappa shape index (κ3) is 1.73. The molecule has 1 heterocycles. The summed E-state index contributed by atoms with van der Waals surface area (Å²) in [7, 11) is 0. The number of hydrogen-bond donors (Lipinski definition) is 2. The van der Waals surface area contributed by atoms with Crippen molar-refractivity contribution in [2.24, 2.45) is 0 Å². The van der Waals surface area contributed by atoms with Crippen LogP contribution in [0.1, 0.15) is 0 Å². The molecule has 1 aromatic heterocycles. The molecule has 0 aliphatic carbocycles. The average molecular weight is 178 g/mol. The molecule has 0 spiro atoms.